The standard InChI is InChI=1S/C13H18FNO4/c1-8(13(18-3)19-4)15-11-7-9(12(16)17-2)5-6-10(11)14/h5-8,13,15H,1-4H3. The first-order chi connectivity index (χ1) is 9.03. The lowest BCUT2D eigenvalue weighted by Gasteiger charge is -2.23. The van der Waals surface area contributed by atoms with E-state index in [0.29, 0.717) is 0 Å². The fourth-order valence-electron chi connectivity index (χ4n) is 1.70. The Balaban J connectivity index is 2.90. The zero-order valence-electron chi connectivity index (χ0n) is 11.4. The molecule has 1 atom stereocenters. The average Bonchev–Trinajstić information content (AvgIpc) is 2.41. The molecule has 0 aliphatic carbocycles. The lowest BCUT2D eigenvalue weighted by atomic mass is 10.1. The first-order valence-electron chi connectivity index (χ1n) is 5.73. The van der Waals surface area contributed by atoms with E-state index >= 15 is 0 Å². The summed E-state index contributed by atoms with van der Waals surface area (Å²) in [6.45, 7) is 1.78. The van der Waals surface area contributed by atoms with Crippen LogP contribution in [0.1, 0.15) is 17.3 Å². The third-order valence-electron chi connectivity index (χ3n) is 2.64. The van der Waals surface area contributed by atoms with Crippen molar-refractivity contribution >= 4 is 11.7 Å². The number of benzene rings is 1. The van der Waals surface area contributed by atoms with Gasteiger partial charge in [-0.15, -0.1) is 0 Å². The molecule has 0 heterocycles. The largest absolute Gasteiger partial charge is 0.465 e. The molecule has 0 radical (unpaired) electrons. The van der Waals surface area contributed by atoms with Gasteiger partial charge in [0.15, 0.2) is 6.29 Å². The van der Waals surface area contributed by atoms with Gasteiger partial charge in [-0.1, -0.05) is 0 Å². The molecule has 1 aromatic rings. The van der Waals surface area contributed by atoms with Crippen LogP contribution in [-0.2, 0) is 14.2 Å². The van der Waals surface area contributed by atoms with Crippen molar-refractivity contribution in [1.82, 2.24) is 0 Å². The van der Waals surface area contributed by atoms with Crippen LogP contribution in [0.3, 0.4) is 0 Å². The van der Waals surface area contributed by atoms with Crippen molar-refractivity contribution in [3.8, 4) is 0 Å². The van der Waals surface area contributed by atoms with E-state index < -0.39 is 18.1 Å². The number of hydrogen-bond acceptors (Lipinski definition) is 5. The van der Waals surface area contributed by atoms with Crippen molar-refractivity contribution in [3.63, 3.8) is 0 Å². The molecular formula is C13H18FNO4. The maximum Gasteiger partial charge on any atom is 0.337 e. The van der Waals surface area contributed by atoms with Gasteiger partial charge in [-0.05, 0) is 25.1 Å². The van der Waals surface area contributed by atoms with Crippen molar-refractivity contribution in [2.45, 2.75) is 19.3 Å². The van der Waals surface area contributed by atoms with Gasteiger partial charge in [0.1, 0.15) is 5.82 Å². The molecule has 0 amide bonds. The second-order valence-electron chi connectivity index (χ2n) is 3.96. The zero-order valence-corrected chi connectivity index (χ0v) is 11.4. The summed E-state index contributed by atoms with van der Waals surface area (Å²) in [7, 11) is 4.26. The zero-order chi connectivity index (χ0) is 14.4. The molecule has 0 saturated carbocycles. The van der Waals surface area contributed by atoms with Crippen LogP contribution in [0.25, 0.3) is 0 Å². The minimum atomic E-state index is -0.527. The summed E-state index contributed by atoms with van der Waals surface area (Å²) in [5.41, 5.74) is 0.458. The number of methoxy groups -OCH3 is 3. The van der Waals surface area contributed by atoms with E-state index in [4.69, 9.17) is 9.47 Å². The van der Waals surface area contributed by atoms with Gasteiger partial charge in [-0.2, -0.15) is 0 Å². The molecule has 0 saturated heterocycles. The summed E-state index contributed by atoms with van der Waals surface area (Å²) in [4.78, 5) is 11.4. The number of nitrogens with one attached hydrogen (secondary N) is 1. The van der Waals surface area contributed by atoms with Gasteiger partial charge >= 0.3 is 5.97 Å². The highest BCUT2D eigenvalue weighted by Gasteiger charge is 2.18. The third kappa shape index (κ3) is 3.90. The molecule has 1 unspecified atom stereocenters. The van der Waals surface area contributed by atoms with Gasteiger partial charge in [-0.25, -0.2) is 9.18 Å². The van der Waals surface area contributed by atoms with Gasteiger partial charge < -0.3 is 19.5 Å². The number of hydrogen-bond donors (Lipinski definition) is 1. The molecule has 106 valence electrons. The van der Waals surface area contributed by atoms with Gasteiger partial charge in [0, 0.05) is 14.2 Å². The highest BCUT2D eigenvalue weighted by molar-refractivity contribution is 5.90. The topological polar surface area (TPSA) is 56.8 Å². The van der Waals surface area contributed by atoms with E-state index in [-0.39, 0.29) is 17.3 Å². The van der Waals surface area contributed by atoms with Crippen molar-refractivity contribution < 1.29 is 23.4 Å². The van der Waals surface area contributed by atoms with Crippen LogP contribution in [0.4, 0.5) is 10.1 Å². The highest BCUT2D eigenvalue weighted by Crippen LogP contribution is 2.19. The van der Waals surface area contributed by atoms with E-state index in [9.17, 15) is 9.18 Å². The van der Waals surface area contributed by atoms with Crippen LogP contribution < -0.4 is 5.32 Å². The Morgan fingerprint density at radius 3 is 2.42 bits per heavy atom. The Bertz CT molecular complexity index is 435. The van der Waals surface area contributed by atoms with Gasteiger partial charge in [0.25, 0.3) is 0 Å². The van der Waals surface area contributed by atoms with Gasteiger partial charge in [-0.3, -0.25) is 0 Å². The Kier molecular flexibility index (Phi) is 5.72. The SMILES string of the molecule is COC(=O)c1ccc(F)c(NC(C)C(OC)OC)c1. The first-order valence-corrected chi connectivity index (χ1v) is 5.73. The molecule has 1 aromatic carbocycles. The molecule has 0 spiro atoms. The summed E-state index contributed by atoms with van der Waals surface area (Å²) < 4.78 is 28.4. The molecule has 1 rings (SSSR count). The van der Waals surface area contributed by atoms with E-state index in [1.807, 2.05) is 0 Å². The number of ether oxygens (including phenoxy) is 3. The number of rotatable bonds is 6. The summed E-state index contributed by atoms with van der Waals surface area (Å²) in [6.07, 6.45) is -0.527. The van der Waals surface area contributed by atoms with E-state index in [1.54, 1.807) is 6.92 Å². The Labute approximate surface area is 111 Å². The van der Waals surface area contributed by atoms with E-state index in [1.165, 1.54) is 39.5 Å². The number of anilines is 1. The molecule has 0 fully saturated rings. The summed E-state index contributed by atoms with van der Waals surface area (Å²) >= 11 is 0. The Morgan fingerprint density at radius 1 is 1.26 bits per heavy atom. The van der Waals surface area contributed by atoms with Crippen LogP contribution in [0.15, 0.2) is 18.2 Å². The fraction of sp³-hybridized carbons (Fsp3) is 0.462. The molecule has 1 N–H and O–H groups in total. The fourth-order valence-corrected chi connectivity index (χ4v) is 1.70. The van der Waals surface area contributed by atoms with Gasteiger partial charge in [0.2, 0.25) is 0 Å². The Hall–Kier alpha value is -1.66. The van der Waals surface area contributed by atoms with E-state index in [0.717, 1.165) is 0 Å². The van der Waals surface area contributed by atoms with Crippen molar-refractivity contribution in [2.24, 2.45) is 0 Å². The quantitative estimate of drug-likeness (QED) is 0.633. The molecule has 5 nitrogen and oxygen atoms in total. The maximum absolute atomic E-state index is 13.7. The molecule has 0 bridgehead atoms. The van der Waals surface area contributed by atoms with E-state index in [2.05, 4.69) is 10.1 Å². The number of carbonyl (C=O) groups excluding carboxylic acids is 1. The maximum atomic E-state index is 13.7. The summed E-state index contributed by atoms with van der Waals surface area (Å²) in [5.74, 6) is -0.990. The molecule has 6 heteroatoms. The smallest absolute Gasteiger partial charge is 0.337 e. The number of esters is 1. The lowest BCUT2D eigenvalue weighted by Crippen LogP contribution is -2.34. The van der Waals surface area contributed by atoms with Crippen molar-refractivity contribution in [1.29, 1.82) is 0 Å². The van der Waals surface area contributed by atoms with Crippen LogP contribution in [-0.4, -0.2) is 39.6 Å². The molecule has 0 aliphatic heterocycles. The average molecular weight is 271 g/mol. The predicted molar refractivity (Wildman–Crippen MR) is 68.6 cm³/mol. The van der Waals surface area contributed by atoms with Crippen LogP contribution in [0, 0.1) is 5.82 Å². The number of carbonyl (C=O) groups is 1. The van der Waals surface area contributed by atoms with Crippen molar-refractivity contribution in [3.05, 3.63) is 29.6 Å². The molecular weight excluding hydrogens is 253 g/mol. The lowest BCUT2D eigenvalue weighted by molar-refractivity contribution is -0.109. The minimum Gasteiger partial charge on any atom is -0.465 e. The monoisotopic (exact) mass is 271 g/mol. The second-order valence-corrected chi connectivity index (χ2v) is 3.96. The minimum absolute atomic E-state index is 0.189. The van der Waals surface area contributed by atoms with Crippen LogP contribution >= 0.6 is 0 Å². The summed E-state index contributed by atoms with van der Waals surface area (Å²) in [5, 5.41) is 2.90. The normalized spacial score (nSPS) is 12.3. The molecule has 0 aliphatic rings. The van der Waals surface area contributed by atoms with Crippen LogP contribution in [0.2, 0.25) is 0 Å². The van der Waals surface area contributed by atoms with Crippen LogP contribution in [0.5, 0.6) is 0 Å². The Morgan fingerprint density at radius 2 is 1.89 bits per heavy atom. The highest BCUT2D eigenvalue weighted by atomic mass is 19.1. The second kappa shape index (κ2) is 7.06. The first kappa shape index (κ1) is 15.4. The summed E-state index contributed by atoms with van der Waals surface area (Å²) in [6, 6.07) is 3.66. The molecule has 19 heavy (non-hydrogen) atoms. The third-order valence-corrected chi connectivity index (χ3v) is 2.64. The predicted octanol–water partition coefficient (Wildman–Crippen LogP) is 2.03. The molecule has 0 aromatic heterocycles. The number of halogens is 1. The van der Waals surface area contributed by atoms with Gasteiger partial charge in [0.05, 0.1) is 24.4 Å². The van der Waals surface area contributed by atoms with Crippen molar-refractivity contribution in [2.75, 3.05) is 26.6 Å².